The fraction of sp³-hybridized carbons (Fsp3) is 0.500. The van der Waals surface area contributed by atoms with E-state index in [2.05, 4.69) is 73.6 Å². The van der Waals surface area contributed by atoms with Crippen LogP contribution in [0.5, 0.6) is 0 Å². The Morgan fingerprint density at radius 1 is 1.19 bits per heavy atom. The number of halogens is 1. The minimum absolute atomic E-state index is 0. The van der Waals surface area contributed by atoms with Crippen LogP contribution < -0.4 is 10.6 Å². The second kappa shape index (κ2) is 12.3. The quantitative estimate of drug-likeness (QED) is 0.328. The lowest BCUT2D eigenvalue weighted by atomic mass is 10.1. The third-order valence-electron chi connectivity index (χ3n) is 4.04. The van der Waals surface area contributed by atoms with Gasteiger partial charge in [-0.2, -0.15) is 0 Å². The average molecular weight is 486 g/mol. The molecule has 1 heterocycles. The first-order chi connectivity index (χ1) is 12.1. The summed E-state index contributed by atoms with van der Waals surface area (Å²) >= 11 is 1.78. The molecule has 1 aromatic heterocycles. The van der Waals surface area contributed by atoms with Crippen molar-refractivity contribution in [3.8, 4) is 0 Å². The molecule has 4 nitrogen and oxygen atoms in total. The van der Waals surface area contributed by atoms with Gasteiger partial charge in [0.25, 0.3) is 0 Å². The number of rotatable bonds is 8. The number of nitrogens with one attached hydrogen (secondary N) is 2. The molecule has 1 aromatic carbocycles. The summed E-state index contributed by atoms with van der Waals surface area (Å²) in [5.74, 6) is 0.905. The van der Waals surface area contributed by atoms with Gasteiger partial charge in [0.15, 0.2) is 5.96 Å². The van der Waals surface area contributed by atoms with E-state index < -0.39 is 0 Å². The molecule has 1 unspecified atom stereocenters. The maximum absolute atomic E-state index is 4.73. The molecule has 6 heteroatoms. The van der Waals surface area contributed by atoms with E-state index in [9.17, 15) is 0 Å². The van der Waals surface area contributed by atoms with Crippen molar-refractivity contribution in [2.75, 3.05) is 13.1 Å². The van der Waals surface area contributed by atoms with Crippen LogP contribution in [0.15, 0.2) is 35.3 Å². The van der Waals surface area contributed by atoms with Crippen molar-refractivity contribution in [1.82, 2.24) is 15.6 Å². The third-order valence-corrected chi connectivity index (χ3v) is 5.18. The normalized spacial score (nSPS) is 12.4. The number of benzene rings is 1. The highest BCUT2D eigenvalue weighted by atomic mass is 127. The molecule has 0 aliphatic rings. The molecule has 1 atom stereocenters. The monoisotopic (exact) mass is 486 g/mol. The van der Waals surface area contributed by atoms with E-state index in [0.717, 1.165) is 49.0 Å². The van der Waals surface area contributed by atoms with Gasteiger partial charge in [0.2, 0.25) is 0 Å². The van der Waals surface area contributed by atoms with Crippen molar-refractivity contribution in [1.29, 1.82) is 0 Å². The second-order valence-corrected chi connectivity index (χ2v) is 7.61. The number of thiazole rings is 1. The van der Waals surface area contributed by atoms with Crippen LogP contribution in [0.25, 0.3) is 0 Å². The number of aliphatic imine (C=N–C) groups is 1. The molecule has 2 aromatic rings. The summed E-state index contributed by atoms with van der Waals surface area (Å²) in [7, 11) is 0. The van der Waals surface area contributed by atoms with Crippen molar-refractivity contribution in [2.24, 2.45) is 4.99 Å². The minimum atomic E-state index is 0. The number of nitrogens with zero attached hydrogens (tertiary/aromatic N) is 2. The fourth-order valence-corrected chi connectivity index (χ4v) is 3.65. The number of hydrogen-bond acceptors (Lipinski definition) is 3. The Morgan fingerprint density at radius 2 is 1.92 bits per heavy atom. The van der Waals surface area contributed by atoms with Gasteiger partial charge < -0.3 is 10.6 Å². The standard InChI is InChI=1S/C20H30N4S.HI/c1-5-21-20(22-14-13-19-16(3)24-17(4)25-19)23-15(2)11-12-18-9-7-6-8-10-18;/h6-10,15H,5,11-14H2,1-4H3,(H2,21,22,23);1H. The first kappa shape index (κ1) is 22.9. The molecule has 0 radical (unpaired) electrons. The molecule has 26 heavy (non-hydrogen) atoms. The lowest BCUT2D eigenvalue weighted by molar-refractivity contribution is 0.593. The SMILES string of the molecule is CCNC(=NCCc1sc(C)nc1C)NC(C)CCc1ccccc1.I. The largest absolute Gasteiger partial charge is 0.357 e. The van der Waals surface area contributed by atoms with E-state index in [1.807, 2.05) is 0 Å². The molecule has 144 valence electrons. The molecule has 0 saturated heterocycles. The molecule has 0 aliphatic carbocycles. The number of aromatic nitrogens is 1. The van der Waals surface area contributed by atoms with E-state index >= 15 is 0 Å². The maximum atomic E-state index is 4.73. The van der Waals surface area contributed by atoms with E-state index in [4.69, 9.17) is 4.99 Å². The summed E-state index contributed by atoms with van der Waals surface area (Å²) in [6, 6.07) is 11.0. The fourth-order valence-electron chi connectivity index (χ4n) is 2.73. The first-order valence-electron chi connectivity index (χ1n) is 9.10. The minimum Gasteiger partial charge on any atom is -0.357 e. The van der Waals surface area contributed by atoms with Crippen LogP contribution in [-0.2, 0) is 12.8 Å². The molecule has 0 fully saturated rings. The van der Waals surface area contributed by atoms with Crippen LogP contribution in [0.2, 0.25) is 0 Å². The van der Waals surface area contributed by atoms with E-state index in [1.54, 1.807) is 11.3 Å². The second-order valence-electron chi connectivity index (χ2n) is 6.32. The lowest BCUT2D eigenvalue weighted by Crippen LogP contribution is -2.42. The summed E-state index contributed by atoms with van der Waals surface area (Å²) in [4.78, 5) is 10.6. The maximum Gasteiger partial charge on any atom is 0.191 e. The molecule has 0 bridgehead atoms. The Balaban J connectivity index is 0.00000338. The van der Waals surface area contributed by atoms with Gasteiger partial charge in [0.1, 0.15) is 0 Å². The van der Waals surface area contributed by atoms with Gasteiger partial charge in [-0.25, -0.2) is 4.98 Å². The number of aryl methyl sites for hydroxylation is 3. The Bertz CT molecular complexity index is 670. The summed E-state index contributed by atoms with van der Waals surface area (Å²) in [6.45, 7) is 10.1. The Labute approximate surface area is 179 Å². The van der Waals surface area contributed by atoms with Gasteiger partial charge in [0.05, 0.1) is 10.7 Å². The molecular weight excluding hydrogens is 455 g/mol. The zero-order valence-corrected chi connectivity index (χ0v) is 19.4. The Hall–Kier alpha value is -1.15. The zero-order chi connectivity index (χ0) is 18.1. The van der Waals surface area contributed by atoms with E-state index in [1.165, 1.54) is 10.4 Å². The summed E-state index contributed by atoms with van der Waals surface area (Å²) in [5.41, 5.74) is 2.53. The topological polar surface area (TPSA) is 49.3 Å². The molecule has 2 rings (SSSR count). The van der Waals surface area contributed by atoms with Crippen molar-refractivity contribution in [3.63, 3.8) is 0 Å². The van der Waals surface area contributed by atoms with Crippen molar-refractivity contribution in [2.45, 2.75) is 53.0 Å². The van der Waals surface area contributed by atoms with Gasteiger partial charge in [-0.15, -0.1) is 35.3 Å². The van der Waals surface area contributed by atoms with Crippen molar-refractivity contribution < 1.29 is 0 Å². The third kappa shape index (κ3) is 8.03. The predicted molar refractivity (Wildman–Crippen MR) is 124 cm³/mol. The molecule has 0 spiro atoms. The summed E-state index contributed by atoms with van der Waals surface area (Å²) in [5, 5.41) is 8.00. The molecule has 0 saturated carbocycles. The van der Waals surface area contributed by atoms with Gasteiger partial charge in [-0.3, -0.25) is 4.99 Å². The first-order valence-corrected chi connectivity index (χ1v) is 9.91. The average Bonchev–Trinajstić information content (AvgIpc) is 2.91. The van der Waals surface area contributed by atoms with Crippen LogP contribution in [-0.4, -0.2) is 30.1 Å². The number of hydrogen-bond donors (Lipinski definition) is 2. The van der Waals surface area contributed by atoms with E-state index in [0.29, 0.717) is 6.04 Å². The zero-order valence-electron chi connectivity index (χ0n) is 16.2. The Kier molecular flexibility index (Phi) is 10.8. The van der Waals surface area contributed by atoms with Crippen LogP contribution >= 0.6 is 35.3 Å². The highest BCUT2D eigenvalue weighted by Gasteiger charge is 2.07. The highest BCUT2D eigenvalue weighted by Crippen LogP contribution is 2.17. The van der Waals surface area contributed by atoms with Gasteiger partial charge in [-0.1, -0.05) is 30.3 Å². The summed E-state index contributed by atoms with van der Waals surface area (Å²) < 4.78 is 0. The van der Waals surface area contributed by atoms with Crippen molar-refractivity contribution >= 4 is 41.3 Å². The summed E-state index contributed by atoms with van der Waals surface area (Å²) in [6.07, 6.45) is 3.11. The van der Waals surface area contributed by atoms with Crippen molar-refractivity contribution in [3.05, 3.63) is 51.5 Å². The van der Waals surface area contributed by atoms with Gasteiger partial charge >= 0.3 is 0 Å². The van der Waals surface area contributed by atoms with E-state index in [-0.39, 0.29) is 24.0 Å². The predicted octanol–water partition coefficient (Wildman–Crippen LogP) is 4.50. The highest BCUT2D eigenvalue weighted by molar-refractivity contribution is 14.0. The molecule has 0 aliphatic heterocycles. The van der Waals surface area contributed by atoms with Crippen LogP contribution in [0, 0.1) is 13.8 Å². The van der Waals surface area contributed by atoms with Crippen LogP contribution in [0.1, 0.15) is 41.4 Å². The Morgan fingerprint density at radius 3 is 2.54 bits per heavy atom. The van der Waals surface area contributed by atoms with Crippen LogP contribution in [0.4, 0.5) is 0 Å². The molecular formula is C20H31IN4S. The number of guanidine groups is 1. The van der Waals surface area contributed by atoms with Gasteiger partial charge in [0, 0.05) is 30.4 Å². The molecule has 0 amide bonds. The van der Waals surface area contributed by atoms with Crippen LogP contribution in [0.3, 0.4) is 0 Å². The molecule has 2 N–H and O–H groups in total. The lowest BCUT2D eigenvalue weighted by Gasteiger charge is -2.18. The van der Waals surface area contributed by atoms with Gasteiger partial charge in [-0.05, 0) is 46.1 Å². The smallest absolute Gasteiger partial charge is 0.191 e.